The van der Waals surface area contributed by atoms with Crippen LogP contribution in [0.15, 0.2) is 97.1 Å². The zero-order valence-electron chi connectivity index (χ0n) is 28.1. The van der Waals surface area contributed by atoms with E-state index in [1.165, 1.54) is 12.1 Å². The van der Waals surface area contributed by atoms with E-state index in [1.807, 2.05) is 72.8 Å². The maximum absolute atomic E-state index is 13.5. The Balaban J connectivity index is 0.00000583. The monoisotopic (exact) mass is 712 g/mol. The number of hydrogen-bond acceptors (Lipinski definition) is 6. The highest BCUT2D eigenvalue weighted by molar-refractivity contribution is 6.10. The van der Waals surface area contributed by atoms with E-state index in [-0.39, 0.29) is 37.0 Å². The van der Waals surface area contributed by atoms with Crippen LogP contribution in [0.3, 0.4) is 0 Å². The van der Waals surface area contributed by atoms with Gasteiger partial charge in [0.2, 0.25) is 5.91 Å². The van der Waals surface area contributed by atoms with Crippen LogP contribution in [0.5, 0.6) is 11.5 Å². The van der Waals surface area contributed by atoms with Gasteiger partial charge in [0.1, 0.15) is 17.5 Å². The van der Waals surface area contributed by atoms with Gasteiger partial charge in [-0.1, -0.05) is 73.7 Å². The molecule has 0 aliphatic rings. The molecule has 5 aromatic carbocycles. The number of anilines is 1. The number of hydrogen-bond donors (Lipinski definition) is 7. The second-order valence-electron chi connectivity index (χ2n) is 11.6. The van der Waals surface area contributed by atoms with Gasteiger partial charge in [0.25, 0.3) is 11.8 Å². The highest BCUT2D eigenvalue weighted by Gasteiger charge is 2.23. The lowest BCUT2D eigenvalue weighted by atomic mass is 9.92. The largest absolute Gasteiger partial charge is 1.00 e. The quantitative estimate of drug-likeness (QED) is 0.0263. The molecule has 5 rings (SSSR count). The molecule has 3 amide bonds. The van der Waals surface area contributed by atoms with Gasteiger partial charge in [0.15, 0.2) is 6.61 Å². The van der Waals surface area contributed by atoms with Gasteiger partial charge < -0.3 is 32.5 Å². The molecule has 0 fully saturated rings. The van der Waals surface area contributed by atoms with Gasteiger partial charge in [-0.3, -0.25) is 36.1 Å². The molecule has 0 heterocycles. The fraction of sp³-hybridized carbons (Fsp3) is 0.211. The summed E-state index contributed by atoms with van der Waals surface area (Å²) >= 11 is 0. The average molecular weight is 713 g/mol. The first kappa shape index (κ1) is 38.0. The van der Waals surface area contributed by atoms with Crippen molar-refractivity contribution in [3.63, 3.8) is 0 Å². The number of carbonyl (C=O) groups excluding carboxylic acids is 3. The topological polar surface area (TPSA) is 192 Å². The van der Waals surface area contributed by atoms with Crippen LogP contribution >= 0.6 is 0 Å². The molecule has 0 aliphatic carbocycles. The number of nitrogens with two attached hydrogens (primary N) is 2. The minimum atomic E-state index is -0.967. The van der Waals surface area contributed by atoms with Crippen LogP contribution in [-0.4, -0.2) is 54.7 Å². The molecule has 5 aromatic rings. The summed E-state index contributed by atoms with van der Waals surface area (Å²) in [6.45, 7) is 2.58. The highest BCUT2D eigenvalue weighted by Crippen LogP contribution is 2.45. The predicted molar refractivity (Wildman–Crippen MR) is 193 cm³/mol. The number of hydroxylamine groups is 1. The fourth-order valence-electron chi connectivity index (χ4n) is 5.69. The Morgan fingerprint density at radius 2 is 1.45 bits per heavy atom. The molecule has 0 aliphatic heterocycles. The second-order valence-corrected chi connectivity index (χ2v) is 11.6. The zero-order valence-corrected chi connectivity index (χ0v) is 28.8. The van der Waals surface area contributed by atoms with Gasteiger partial charge in [-0.05, 0) is 71.1 Å². The number of rotatable bonds is 15. The summed E-state index contributed by atoms with van der Waals surface area (Å²) in [5.41, 5.74) is 14.7. The van der Waals surface area contributed by atoms with Gasteiger partial charge >= 0.3 is 5.96 Å². The summed E-state index contributed by atoms with van der Waals surface area (Å²) in [5, 5.41) is 18.5. The molecule has 0 aromatic heterocycles. The van der Waals surface area contributed by atoms with Gasteiger partial charge in [-0.2, -0.15) is 0 Å². The third-order valence-corrected chi connectivity index (χ3v) is 8.00. The smallest absolute Gasteiger partial charge is 0.338 e. The van der Waals surface area contributed by atoms with Gasteiger partial charge in [0.05, 0.1) is 13.2 Å². The van der Waals surface area contributed by atoms with Crippen LogP contribution < -0.4 is 54.5 Å². The zero-order chi connectivity index (χ0) is 35.5. The van der Waals surface area contributed by atoms with Crippen molar-refractivity contribution in [1.82, 2.24) is 10.8 Å². The number of fused-ring (bicyclic) bond motifs is 2. The fourth-order valence-corrected chi connectivity index (χ4v) is 5.69. The SMILES string of the molecule is CCCOc1ccc2ccccc2c1-c1c(OCC(=O)N[C@H](CCC[NH+]=C(N)N)C(=O)Nc2cccc(C(=O)NO)c2)ccc2ccccc12.[Cl-]. The molecule has 12 nitrogen and oxygen atoms in total. The predicted octanol–water partition coefficient (Wildman–Crippen LogP) is 0.208. The third-order valence-electron chi connectivity index (χ3n) is 8.00. The molecule has 1 atom stereocenters. The summed E-state index contributed by atoms with van der Waals surface area (Å²) in [5.74, 6) is -0.527. The molecular formula is C38H41ClN6O6. The first-order valence-electron chi connectivity index (χ1n) is 16.3. The molecule has 0 radical (unpaired) electrons. The summed E-state index contributed by atoms with van der Waals surface area (Å²) in [6, 6.07) is 28.9. The minimum absolute atomic E-state index is 0. The van der Waals surface area contributed by atoms with E-state index in [1.54, 1.807) is 17.6 Å². The second kappa shape index (κ2) is 18.2. The highest BCUT2D eigenvalue weighted by atomic mass is 35.5. The van der Waals surface area contributed by atoms with Crippen molar-refractivity contribution in [3.05, 3.63) is 103 Å². The minimum Gasteiger partial charge on any atom is -1.00 e. The lowest BCUT2D eigenvalue weighted by Gasteiger charge is -2.21. The molecule has 13 heteroatoms. The van der Waals surface area contributed by atoms with E-state index in [9.17, 15) is 14.4 Å². The average Bonchev–Trinajstić information content (AvgIpc) is 3.13. The third kappa shape index (κ3) is 9.65. The maximum atomic E-state index is 13.5. The molecule has 0 unspecified atom stereocenters. The van der Waals surface area contributed by atoms with Crippen LogP contribution in [0.4, 0.5) is 5.69 Å². The summed E-state index contributed by atoms with van der Waals surface area (Å²) < 4.78 is 12.5. The van der Waals surface area contributed by atoms with Gasteiger partial charge in [-0.15, -0.1) is 0 Å². The van der Waals surface area contributed by atoms with Crippen LogP contribution in [0.1, 0.15) is 36.5 Å². The van der Waals surface area contributed by atoms with Crippen molar-refractivity contribution < 1.29 is 46.5 Å². The Morgan fingerprint density at radius 1 is 0.824 bits per heavy atom. The number of benzene rings is 5. The molecule has 51 heavy (non-hydrogen) atoms. The van der Waals surface area contributed by atoms with Gasteiger partial charge in [0, 0.05) is 22.4 Å². The molecule has 266 valence electrons. The van der Waals surface area contributed by atoms with E-state index in [4.69, 9.17) is 26.1 Å². The molecular weight excluding hydrogens is 672 g/mol. The Bertz CT molecular complexity index is 2030. The standard InChI is InChI=1S/C38H40N6O6.ClH/c1-2-21-49-31-18-16-24-9-3-5-13-28(24)34(31)35-29-14-6-4-10-25(29)17-19-32(35)50-23-33(45)43-30(15-8-20-41-38(39)40)37(47)42-27-12-7-11-26(22-27)36(46)44-48;/h3-7,9-14,16-19,22,30,48H,2,8,15,20-21,23H2,1H3,(H,42,47)(H,43,45)(H,44,46)(H4,39,40,41);1H/t30-;/m1./s1. The van der Waals surface area contributed by atoms with E-state index in [2.05, 4.69) is 22.5 Å². The Labute approximate surface area is 301 Å². The van der Waals surface area contributed by atoms with Crippen LogP contribution in [0.2, 0.25) is 0 Å². The van der Waals surface area contributed by atoms with Crippen molar-refractivity contribution >= 4 is 50.9 Å². The molecule has 9 N–H and O–H groups in total. The van der Waals surface area contributed by atoms with Crippen molar-refractivity contribution in [2.75, 3.05) is 25.1 Å². The van der Waals surface area contributed by atoms with Crippen LogP contribution in [0, 0.1) is 0 Å². The Kier molecular flexibility index (Phi) is 13.6. The van der Waals surface area contributed by atoms with Gasteiger partial charge in [-0.25, -0.2) is 5.48 Å². The van der Waals surface area contributed by atoms with E-state index in [0.717, 1.165) is 39.1 Å². The lowest BCUT2D eigenvalue weighted by molar-refractivity contribution is -0.459. The van der Waals surface area contributed by atoms with Crippen LogP contribution in [0.25, 0.3) is 32.7 Å². The van der Waals surface area contributed by atoms with Crippen molar-refractivity contribution in [2.24, 2.45) is 11.5 Å². The number of amides is 3. The number of nitrogens with one attached hydrogen (secondary N) is 4. The van der Waals surface area contributed by atoms with E-state index in [0.29, 0.717) is 36.8 Å². The van der Waals surface area contributed by atoms with Crippen molar-refractivity contribution in [2.45, 2.75) is 32.2 Å². The van der Waals surface area contributed by atoms with Crippen molar-refractivity contribution in [3.8, 4) is 22.6 Å². The number of guanidine groups is 1. The summed E-state index contributed by atoms with van der Waals surface area (Å²) in [4.78, 5) is 41.6. The maximum Gasteiger partial charge on any atom is 0.338 e. The Hall–Kier alpha value is -5.85. The number of ether oxygens (including phenoxy) is 2. The normalized spacial score (nSPS) is 11.2. The summed E-state index contributed by atoms with van der Waals surface area (Å²) in [7, 11) is 0. The molecule has 0 saturated carbocycles. The number of carbonyl (C=O) groups is 3. The molecule has 0 saturated heterocycles. The lowest BCUT2D eigenvalue weighted by Crippen LogP contribution is -3.00. The van der Waals surface area contributed by atoms with E-state index >= 15 is 0 Å². The first-order valence-corrected chi connectivity index (χ1v) is 16.3. The molecule has 0 spiro atoms. The number of halogens is 1. The molecule has 0 bridgehead atoms. The first-order chi connectivity index (χ1) is 24.3. The van der Waals surface area contributed by atoms with Crippen molar-refractivity contribution in [1.29, 1.82) is 0 Å². The summed E-state index contributed by atoms with van der Waals surface area (Å²) in [6.07, 6.45) is 1.52. The van der Waals surface area contributed by atoms with E-state index < -0.39 is 23.8 Å². The Morgan fingerprint density at radius 3 is 2.06 bits per heavy atom. The van der Waals surface area contributed by atoms with Crippen LogP contribution in [-0.2, 0) is 9.59 Å².